The third kappa shape index (κ3) is 7.32. The molecule has 7 rings (SSSR count). The molecule has 0 aliphatic carbocycles. The number of nitrogens with zero attached hydrogens (tertiary/aromatic N) is 5. The van der Waals surface area contributed by atoms with Crippen LogP contribution in [-0.4, -0.2) is 92.6 Å². The number of H-pyrrole nitrogens is 1. The van der Waals surface area contributed by atoms with E-state index in [0.717, 1.165) is 42.9 Å². The minimum Gasteiger partial charge on any atom is -0.436 e. The third-order valence-corrected chi connectivity index (χ3v) is 11.3. The summed E-state index contributed by atoms with van der Waals surface area (Å²) in [6.45, 7) is 3.57. The topological polar surface area (TPSA) is 130 Å². The molecule has 0 radical (unpaired) electrons. The summed E-state index contributed by atoms with van der Waals surface area (Å²) in [5.74, 6) is -0.429. The van der Waals surface area contributed by atoms with E-state index < -0.39 is 35.5 Å². The second-order valence-corrected chi connectivity index (χ2v) is 14.7. The lowest BCUT2D eigenvalue weighted by Gasteiger charge is -2.41. The minimum absolute atomic E-state index is 0.0463. The number of nitrogens with two attached hydrogens (primary N) is 1. The Morgan fingerprint density at radius 2 is 1.63 bits per heavy atom. The van der Waals surface area contributed by atoms with Gasteiger partial charge in [-0.1, -0.05) is 24.6 Å². The lowest BCUT2D eigenvalue weighted by Crippen LogP contribution is -2.52. The number of fused-ring (bicyclic) bond motifs is 3. The van der Waals surface area contributed by atoms with Gasteiger partial charge in [0.1, 0.15) is 0 Å². The summed E-state index contributed by atoms with van der Waals surface area (Å²) < 4.78 is 49.2. The van der Waals surface area contributed by atoms with Crippen LogP contribution in [0.2, 0.25) is 0 Å². The molecule has 0 bridgehead atoms. The molecule has 4 aromatic rings. The Morgan fingerprint density at radius 1 is 0.961 bits per heavy atom. The van der Waals surface area contributed by atoms with Crippen LogP contribution < -0.4 is 11.4 Å². The molecule has 2 aromatic heterocycles. The van der Waals surface area contributed by atoms with Gasteiger partial charge in [0.25, 0.3) is 5.91 Å². The molecule has 0 saturated carbocycles. The van der Waals surface area contributed by atoms with E-state index >= 15 is 0 Å². The van der Waals surface area contributed by atoms with E-state index in [-0.39, 0.29) is 41.3 Å². The van der Waals surface area contributed by atoms with Crippen molar-refractivity contribution < 1.29 is 27.5 Å². The highest BCUT2D eigenvalue weighted by atomic mass is 79.9. The summed E-state index contributed by atoms with van der Waals surface area (Å²) >= 11 is 3.13. The van der Waals surface area contributed by atoms with Crippen LogP contribution in [0.15, 0.2) is 51.9 Å². The Hall–Kier alpha value is -4.11. The number of hydrogen-bond donors (Lipinski definition) is 2. The van der Waals surface area contributed by atoms with Crippen molar-refractivity contribution in [1.82, 2.24) is 29.2 Å². The Labute approximate surface area is 301 Å². The van der Waals surface area contributed by atoms with Gasteiger partial charge in [-0.05, 0) is 91.3 Å². The number of likely N-dealkylation sites (tertiary alicyclic amines) is 3. The van der Waals surface area contributed by atoms with Gasteiger partial charge < -0.3 is 30.2 Å². The number of anilines is 1. The zero-order valence-electron chi connectivity index (χ0n) is 28.1. The van der Waals surface area contributed by atoms with Crippen molar-refractivity contribution in [2.45, 2.75) is 75.7 Å². The summed E-state index contributed by atoms with van der Waals surface area (Å²) in [5, 5.41) is 0.841. The molecule has 3 fully saturated rings. The summed E-state index contributed by atoms with van der Waals surface area (Å²) in [6, 6.07) is 10.1. The van der Waals surface area contributed by atoms with Crippen molar-refractivity contribution in [2.24, 2.45) is 0 Å². The molecule has 5 heterocycles. The number of carbonyl (C=O) groups is 2. The van der Waals surface area contributed by atoms with E-state index in [9.17, 15) is 27.6 Å². The number of para-hydroxylation sites is 1. The average molecular weight is 773 g/mol. The molecule has 15 heteroatoms. The summed E-state index contributed by atoms with van der Waals surface area (Å²) in [4.78, 5) is 53.9. The molecule has 3 N–H and O–H groups in total. The monoisotopic (exact) mass is 771 g/mol. The Kier molecular flexibility index (Phi) is 10.0. The largest absolute Gasteiger partial charge is 0.436 e. The van der Waals surface area contributed by atoms with Gasteiger partial charge in [-0.15, -0.1) is 0 Å². The van der Waals surface area contributed by atoms with Crippen LogP contribution in [0.5, 0.6) is 0 Å². The molecular formula is C36H41BrF3N7O4. The van der Waals surface area contributed by atoms with Crippen LogP contribution in [0, 0.1) is 0 Å². The van der Waals surface area contributed by atoms with Crippen molar-refractivity contribution in [3.8, 4) is 0 Å². The predicted octanol–water partition coefficient (Wildman–Crippen LogP) is 6.10. The fraction of sp³-hybridized carbons (Fsp3) is 0.500. The second-order valence-electron chi connectivity index (χ2n) is 13.8. The Balaban J connectivity index is 1.07. The molecule has 3 aliphatic heterocycles. The number of piperidine rings is 3. The third-order valence-electron chi connectivity index (χ3n) is 10.7. The number of alkyl halides is 3. The minimum atomic E-state index is -4.71. The highest BCUT2D eigenvalue weighted by Gasteiger charge is 2.37. The molecule has 272 valence electrons. The van der Waals surface area contributed by atoms with E-state index in [2.05, 4.69) is 30.8 Å². The van der Waals surface area contributed by atoms with Crippen molar-refractivity contribution in [1.29, 1.82) is 0 Å². The Bertz CT molecular complexity index is 1980. The second kappa shape index (κ2) is 14.5. The first-order valence-corrected chi connectivity index (χ1v) is 18.4. The average Bonchev–Trinajstić information content (AvgIpc) is 3.48. The first-order chi connectivity index (χ1) is 24.5. The molecule has 51 heavy (non-hydrogen) atoms. The molecule has 1 atom stereocenters. The lowest BCUT2D eigenvalue weighted by molar-refractivity contribution is -0.142. The fourth-order valence-electron chi connectivity index (χ4n) is 7.95. The van der Waals surface area contributed by atoms with Crippen LogP contribution in [0.25, 0.3) is 21.9 Å². The van der Waals surface area contributed by atoms with Crippen molar-refractivity contribution >= 4 is 55.6 Å². The number of aromatic nitrogens is 3. The molecular weight excluding hydrogens is 731 g/mol. The number of imidazole rings is 1. The first-order valence-electron chi connectivity index (χ1n) is 17.6. The van der Waals surface area contributed by atoms with Crippen LogP contribution in [0.3, 0.4) is 0 Å². The number of rotatable bonds is 6. The number of benzene rings is 2. The van der Waals surface area contributed by atoms with Crippen LogP contribution in [-0.2, 0) is 22.1 Å². The quantitative estimate of drug-likeness (QED) is 0.227. The number of nitrogen functional groups attached to an aromatic ring is 1. The summed E-state index contributed by atoms with van der Waals surface area (Å²) in [5.41, 5.74) is 6.33. The van der Waals surface area contributed by atoms with E-state index in [0.29, 0.717) is 43.0 Å². The summed E-state index contributed by atoms with van der Waals surface area (Å²) in [7, 11) is 0. The highest BCUT2D eigenvalue weighted by molar-refractivity contribution is 9.10. The number of nitrogens with one attached hydrogen (secondary N) is 1. The maximum absolute atomic E-state index is 14.0. The molecule has 0 spiro atoms. The first kappa shape index (κ1) is 35.3. The molecule has 2 aromatic carbocycles. The number of aromatic amines is 1. The SMILES string of the molecule is Nc1c(Br)cc(CC(OC(=O)N2CCC(n3c(=O)[nH]c4c5ccccc5ncc43)CC2)C(=O)N2CCC(N3CCCCC3)CC2)cc1C(F)(F)F. The summed E-state index contributed by atoms with van der Waals surface area (Å²) in [6.07, 6.45) is 0.692. The van der Waals surface area contributed by atoms with Gasteiger partial charge in [-0.2, -0.15) is 13.2 Å². The number of halogens is 4. The normalized spacial score (nSPS) is 19.1. The van der Waals surface area contributed by atoms with E-state index in [1.54, 1.807) is 15.7 Å². The zero-order chi connectivity index (χ0) is 35.9. The Morgan fingerprint density at radius 3 is 2.33 bits per heavy atom. The van der Waals surface area contributed by atoms with Gasteiger partial charge in [0, 0.05) is 54.5 Å². The van der Waals surface area contributed by atoms with Crippen molar-refractivity contribution in [3.63, 3.8) is 0 Å². The van der Waals surface area contributed by atoms with Gasteiger partial charge >= 0.3 is 18.0 Å². The predicted molar refractivity (Wildman–Crippen MR) is 190 cm³/mol. The number of amides is 2. The van der Waals surface area contributed by atoms with Gasteiger partial charge in [-0.25, -0.2) is 9.59 Å². The fourth-order valence-corrected chi connectivity index (χ4v) is 8.45. The van der Waals surface area contributed by atoms with Crippen LogP contribution in [0.4, 0.5) is 23.7 Å². The number of hydrogen-bond acceptors (Lipinski definition) is 7. The number of pyridine rings is 1. The van der Waals surface area contributed by atoms with Gasteiger partial charge in [0.15, 0.2) is 6.10 Å². The molecule has 1 unspecified atom stereocenters. The number of carbonyl (C=O) groups excluding carboxylic acids is 2. The van der Waals surface area contributed by atoms with Crippen LogP contribution in [0.1, 0.15) is 62.1 Å². The van der Waals surface area contributed by atoms with E-state index in [1.807, 2.05) is 24.3 Å². The number of ether oxygens (including phenoxy) is 1. The van der Waals surface area contributed by atoms with E-state index in [4.69, 9.17) is 10.5 Å². The van der Waals surface area contributed by atoms with Crippen molar-refractivity contribution in [3.05, 3.63) is 68.7 Å². The standard InChI is InChI=1S/C36H41BrF3N7O4/c37-27-19-22(18-26(31(27)41)36(38,39)40)20-30(33(48)45-14-8-23(9-15-45)44-12-4-1-5-13-44)51-35(50)46-16-10-24(11-17-46)47-29-21-42-28-7-3-2-6-25(28)32(29)43-34(47)49/h2-3,6-7,18-19,21,23-24,30H,1,4-5,8-17,20,41H2,(H,43,49). The van der Waals surface area contributed by atoms with Crippen LogP contribution >= 0.6 is 15.9 Å². The molecule has 3 aliphatic rings. The molecule has 3 saturated heterocycles. The van der Waals surface area contributed by atoms with Gasteiger partial charge in [0.05, 0.1) is 34.0 Å². The molecule has 11 nitrogen and oxygen atoms in total. The van der Waals surface area contributed by atoms with Crippen molar-refractivity contribution in [2.75, 3.05) is 45.0 Å². The zero-order valence-corrected chi connectivity index (χ0v) is 29.7. The smallest absolute Gasteiger partial charge is 0.418 e. The highest BCUT2D eigenvalue weighted by Crippen LogP contribution is 2.38. The lowest BCUT2D eigenvalue weighted by atomic mass is 9.98. The van der Waals surface area contributed by atoms with E-state index in [1.165, 1.54) is 30.2 Å². The maximum Gasteiger partial charge on any atom is 0.418 e. The maximum atomic E-state index is 14.0. The van der Waals surface area contributed by atoms with Gasteiger partial charge in [-0.3, -0.25) is 14.3 Å². The molecule has 2 amide bonds. The van der Waals surface area contributed by atoms with Gasteiger partial charge in [0.2, 0.25) is 0 Å².